The molecule has 0 aliphatic rings. The van der Waals surface area contributed by atoms with Crippen LogP contribution in [-0.2, 0) is 4.79 Å². The topological polar surface area (TPSA) is 72.3 Å². The van der Waals surface area contributed by atoms with Gasteiger partial charge in [-0.25, -0.2) is 0 Å². The zero-order valence-electron chi connectivity index (χ0n) is 19.2. The van der Waals surface area contributed by atoms with Gasteiger partial charge in [-0.2, -0.15) is 0 Å². The Kier molecular flexibility index (Phi) is 8.21. The molecule has 0 aliphatic carbocycles. The number of thiophene rings is 1. The number of benzene rings is 2. The lowest BCUT2D eigenvalue weighted by atomic mass is 10.3. The van der Waals surface area contributed by atoms with Gasteiger partial charge >= 0.3 is 0 Å². The molecule has 0 spiro atoms. The van der Waals surface area contributed by atoms with Gasteiger partial charge in [0.15, 0.2) is 11.0 Å². The first-order valence-corrected chi connectivity index (χ1v) is 12.8. The standard InChI is InChI=1S/C25H27N5O2S2/c1-29(19-10-4-3-5-11-19)16-9-15-26-23(31)18-34-25-28-27-24(22-14-8-17-33-22)30(25)20-12-6-7-13-21(20)32-2/h3-8,10-14,17H,9,15-16,18H2,1-2H3,(H,26,31). The number of carbonyl (C=O) groups is 1. The normalized spacial score (nSPS) is 10.8. The second-order valence-corrected chi connectivity index (χ2v) is 9.43. The number of methoxy groups -OCH3 is 1. The number of anilines is 1. The molecule has 2 aromatic heterocycles. The molecule has 4 rings (SSSR count). The molecule has 0 saturated heterocycles. The summed E-state index contributed by atoms with van der Waals surface area (Å²) in [4.78, 5) is 15.7. The summed E-state index contributed by atoms with van der Waals surface area (Å²) in [6, 6.07) is 22.0. The van der Waals surface area contributed by atoms with Gasteiger partial charge < -0.3 is 15.0 Å². The lowest BCUT2D eigenvalue weighted by Gasteiger charge is -2.19. The summed E-state index contributed by atoms with van der Waals surface area (Å²) in [5, 5.41) is 14.5. The largest absolute Gasteiger partial charge is 0.495 e. The van der Waals surface area contributed by atoms with Crippen LogP contribution in [0.1, 0.15) is 6.42 Å². The first kappa shape index (κ1) is 23.8. The predicted octanol–water partition coefficient (Wildman–Crippen LogP) is 4.74. The Morgan fingerprint density at radius 1 is 1.09 bits per heavy atom. The zero-order valence-corrected chi connectivity index (χ0v) is 20.8. The Hall–Kier alpha value is -3.30. The van der Waals surface area contributed by atoms with Crippen molar-refractivity contribution in [2.24, 2.45) is 0 Å². The summed E-state index contributed by atoms with van der Waals surface area (Å²) in [5.74, 6) is 1.67. The van der Waals surface area contributed by atoms with Gasteiger partial charge in [0.2, 0.25) is 5.91 Å². The molecule has 0 aliphatic heterocycles. The fourth-order valence-electron chi connectivity index (χ4n) is 3.50. The van der Waals surface area contributed by atoms with Crippen LogP contribution in [0, 0.1) is 0 Å². The highest BCUT2D eigenvalue weighted by atomic mass is 32.2. The molecule has 7 nitrogen and oxygen atoms in total. The van der Waals surface area contributed by atoms with Crippen molar-refractivity contribution >= 4 is 34.7 Å². The van der Waals surface area contributed by atoms with E-state index in [2.05, 4.69) is 39.6 Å². The summed E-state index contributed by atoms with van der Waals surface area (Å²) in [6.07, 6.45) is 0.863. The van der Waals surface area contributed by atoms with Crippen LogP contribution in [0.25, 0.3) is 16.4 Å². The zero-order chi connectivity index (χ0) is 23.8. The van der Waals surface area contributed by atoms with Crippen molar-refractivity contribution < 1.29 is 9.53 Å². The third-order valence-corrected chi connectivity index (χ3v) is 7.02. The molecular formula is C25H27N5O2S2. The molecule has 176 valence electrons. The van der Waals surface area contributed by atoms with Crippen LogP contribution in [0.5, 0.6) is 5.75 Å². The number of thioether (sulfide) groups is 1. The van der Waals surface area contributed by atoms with Crippen molar-refractivity contribution in [3.63, 3.8) is 0 Å². The van der Waals surface area contributed by atoms with Crippen molar-refractivity contribution in [2.75, 3.05) is 37.9 Å². The quantitative estimate of drug-likeness (QED) is 0.240. The number of hydrogen-bond acceptors (Lipinski definition) is 7. The van der Waals surface area contributed by atoms with E-state index in [0.717, 1.165) is 29.4 Å². The molecule has 4 aromatic rings. The Balaban J connectivity index is 1.38. The Labute approximate surface area is 207 Å². The van der Waals surface area contributed by atoms with E-state index in [9.17, 15) is 4.79 Å². The fraction of sp³-hybridized carbons (Fsp3) is 0.240. The van der Waals surface area contributed by atoms with E-state index in [4.69, 9.17) is 4.74 Å². The van der Waals surface area contributed by atoms with Crippen LogP contribution in [0.15, 0.2) is 77.3 Å². The van der Waals surface area contributed by atoms with Crippen molar-refractivity contribution in [1.29, 1.82) is 0 Å². The monoisotopic (exact) mass is 493 g/mol. The van der Waals surface area contributed by atoms with Crippen LogP contribution in [0.3, 0.4) is 0 Å². The average Bonchev–Trinajstić information content (AvgIpc) is 3.55. The Morgan fingerprint density at radius 2 is 1.88 bits per heavy atom. The second kappa shape index (κ2) is 11.7. The summed E-state index contributed by atoms with van der Waals surface area (Å²) < 4.78 is 7.53. The number of hydrogen-bond donors (Lipinski definition) is 1. The molecule has 2 heterocycles. The fourth-order valence-corrected chi connectivity index (χ4v) is 4.97. The molecule has 34 heavy (non-hydrogen) atoms. The molecule has 1 amide bonds. The first-order valence-electron chi connectivity index (χ1n) is 11.0. The van der Waals surface area contributed by atoms with Crippen molar-refractivity contribution in [3.8, 4) is 22.1 Å². The van der Waals surface area contributed by atoms with E-state index >= 15 is 0 Å². The number of para-hydroxylation sites is 3. The van der Waals surface area contributed by atoms with Crippen LogP contribution in [-0.4, -0.2) is 53.7 Å². The number of amides is 1. The molecule has 1 N–H and O–H groups in total. The minimum Gasteiger partial charge on any atom is -0.495 e. The van der Waals surface area contributed by atoms with Gasteiger partial charge in [-0.05, 0) is 42.1 Å². The summed E-state index contributed by atoms with van der Waals surface area (Å²) in [7, 11) is 3.70. The van der Waals surface area contributed by atoms with Crippen LogP contribution in [0.4, 0.5) is 5.69 Å². The third-order valence-electron chi connectivity index (χ3n) is 5.22. The number of rotatable bonds is 11. The maximum atomic E-state index is 12.5. The second-order valence-electron chi connectivity index (χ2n) is 7.54. The number of aromatic nitrogens is 3. The average molecular weight is 494 g/mol. The van der Waals surface area contributed by atoms with Crippen LogP contribution in [0.2, 0.25) is 0 Å². The van der Waals surface area contributed by atoms with E-state index < -0.39 is 0 Å². The van der Waals surface area contributed by atoms with Gasteiger partial charge in [-0.1, -0.05) is 48.2 Å². The highest BCUT2D eigenvalue weighted by molar-refractivity contribution is 7.99. The van der Waals surface area contributed by atoms with Gasteiger partial charge in [0.1, 0.15) is 5.75 Å². The molecular weight excluding hydrogens is 466 g/mol. The van der Waals surface area contributed by atoms with E-state index in [-0.39, 0.29) is 11.7 Å². The number of nitrogens with one attached hydrogen (secondary N) is 1. The molecule has 0 fully saturated rings. The minimum absolute atomic E-state index is 0.0281. The van der Waals surface area contributed by atoms with E-state index in [1.807, 2.05) is 64.5 Å². The van der Waals surface area contributed by atoms with Gasteiger partial charge in [-0.15, -0.1) is 21.5 Å². The molecule has 0 atom stereocenters. The SMILES string of the molecule is COc1ccccc1-n1c(SCC(=O)NCCCN(C)c2ccccc2)nnc1-c1cccs1. The lowest BCUT2D eigenvalue weighted by molar-refractivity contribution is -0.118. The minimum atomic E-state index is -0.0281. The van der Waals surface area contributed by atoms with Gasteiger partial charge in [-0.3, -0.25) is 9.36 Å². The van der Waals surface area contributed by atoms with Gasteiger partial charge in [0.25, 0.3) is 0 Å². The highest BCUT2D eigenvalue weighted by Gasteiger charge is 2.20. The van der Waals surface area contributed by atoms with Crippen LogP contribution >= 0.6 is 23.1 Å². The summed E-state index contributed by atoms with van der Waals surface area (Å²) >= 11 is 2.96. The maximum Gasteiger partial charge on any atom is 0.230 e. The van der Waals surface area contributed by atoms with Crippen LogP contribution < -0.4 is 15.0 Å². The van der Waals surface area contributed by atoms with Crippen molar-refractivity contribution in [3.05, 3.63) is 72.1 Å². The van der Waals surface area contributed by atoms with Gasteiger partial charge in [0.05, 0.1) is 23.4 Å². The summed E-state index contributed by atoms with van der Waals surface area (Å²) in [5.41, 5.74) is 2.01. The Morgan fingerprint density at radius 3 is 2.65 bits per heavy atom. The Bertz CT molecular complexity index is 1200. The van der Waals surface area contributed by atoms with E-state index in [1.165, 1.54) is 17.4 Å². The molecule has 9 heteroatoms. The number of ether oxygens (including phenoxy) is 1. The van der Waals surface area contributed by atoms with E-state index in [1.54, 1.807) is 18.4 Å². The molecule has 0 saturated carbocycles. The molecule has 0 radical (unpaired) electrons. The number of nitrogens with zero attached hydrogens (tertiary/aromatic N) is 4. The highest BCUT2D eigenvalue weighted by Crippen LogP contribution is 2.33. The van der Waals surface area contributed by atoms with E-state index in [0.29, 0.717) is 17.5 Å². The lowest BCUT2D eigenvalue weighted by Crippen LogP contribution is -2.29. The molecule has 0 unspecified atom stereocenters. The van der Waals surface area contributed by atoms with Crippen molar-refractivity contribution in [2.45, 2.75) is 11.6 Å². The van der Waals surface area contributed by atoms with Gasteiger partial charge in [0, 0.05) is 25.8 Å². The first-order chi connectivity index (χ1) is 16.7. The number of carbonyl (C=O) groups excluding carboxylic acids is 1. The predicted molar refractivity (Wildman–Crippen MR) is 139 cm³/mol. The van der Waals surface area contributed by atoms with Crippen molar-refractivity contribution in [1.82, 2.24) is 20.1 Å². The smallest absolute Gasteiger partial charge is 0.230 e. The third kappa shape index (κ3) is 5.78. The molecule has 0 bridgehead atoms. The molecule has 2 aromatic carbocycles. The maximum absolute atomic E-state index is 12.5. The summed E-state index contributed by atoms with van der Waals surface area (Å²) in [6.45, 7) is 1.49.